The molecule has 0 saturated carbocycles. The van der Waals surface area contributed by atoms with Crippen LogP contribution in [0.2, 0.25) is 0 Å². The molecule has 1 aliphatic rings. The van der Waals surface area contributed by atoms with Crippen LogP contribution in [0.5, 0.6) is 0 Å². The minimum atomic E-state index is -0.147. The first-order chi connectivity index (χ1) is 9.61. The van der Waals surface area contributed by atoms with Crippen molar-refractivity contribution in [2.24, 2.45) is 0 Å². The third-order valence-electron chi connectivity index (χ3n) is 3.17. The molecule has 108 valence electrons. The Morgan fingerprint density at radius 1 is 1.35 bits per heavy atom. The van der Waals surface area contributed by atoms with E-state index >= 15 is 0 Å². The number of anilines is 2. The van der Waals surface area contributed by atoms with E-state index in [-0.39, 0.29) is 11.8 Å². The maximum Gasteiger partial charge on any atom is 0.256 e. The number of hydrogen-bond donors (Lipinski definition) is 2. The van der Waals surface area contributed by atoms with Gasteiger partial charge in [-0.15, -0.1) is 0 Å². The molecule has 0 unspecified atom stereocenters. The summed E-state index contributed by atoms with van der Waals surface area (Å²) in [5, 5.41) is 2.72. The number of morpholine rings is 1. The molecule has 20 heavy (non-hydrogen) atoms. The number of carbonyl (C=O) groups is 2. The van der Waals surface area contributed by atoms with Gasteiger partial charge >= 0.3 is 0 Å². The average Bonchev–Trinajstić information content (AvgIpc) is 2.47. The molecule has 1 aromatic carbocycles. The average molecular weight is 277 g/mol. The fraction of sp³-hybridized carbons (Fsp3) is 0.429. The first-order valence-electron chi connectivity index (χ1n) is 6.68. The van der Waals surface area contributed by atoms with Crippen LogP contribution >= 0.6 is 0 Å². The molecule has 0 spiro atoms. The van der Waals surface area contributed by atoms with Crippen molar-refractivity contribution in [2.75, 3.05) is 37.4 Å². The predicted octanol–water partition coefficient (Wildman–Crippen LogP) is 1.09. The molecule has 0 radical (unpaired) electrons. The summed E-state index contributed by atoms with van der Waals surface area (Å²) >= 11 is 0. The van der Waals surface area contributed by atoms with Crippen LogP contribution in [0.15, 0.2) is 18.2 Å². The Morgan fingerprint density at radius 2 is 2.05 bits per heavy atom. The second-order valence-corrected chi connectivity index (χ2v) is 4.61. The van der Waals surface area contributed by atoms with Crippen LogP contribution in [0.3, 0.4) is 0 Å². The van der Waals surface area contributed by atoms with Crippen LogP contribution in [0.1, 0.15) is 23.7 Å². The number of rotatable bonds is 3. The fourth-order valence-corrected chi connectivity index (χ4v) is 2.03. The van der Waals surface area contributed by atoms with Crippen LogP contribution in [-0.4, -0.2) is 43.0 Å². The van der Waals surface area contributed by atoms with Gasteiger partial charge in [0.1, 0.15) is 0 Å². The lowest BCUT2D eigenvalue weighted by atomic mass is 10.1. The first kappa shape index (κ1) is 14.3. The number of benzene rings is 1. The number of hydrogen-bond acceptors (Lipinski definition) is 4. The molecule has 1 heterocycles. The van der Waals surface area contributed by atoms with E-state index in [0.29, 0.717) is 49.7 Å². The van der Waals surface area contributed by atoms with E-state index in [1.807, 2.05) is 0 Å². The molecule has 3 N–H and O–H groups in total. The minimum absolute atomic E-state index is 0.111. The zero-order chi connectivity index (χ0) is 14.5. The summed E-state index contributed by atoms with van der Waals surface area (Å²) in [4.78, 5) is 25.7. The van der Waals surface area contributed by atoms with Crippen molar-refractivity contribution >= 4 is 23.2 Å². The number of nitrogens with one attached hydrogen (secondary N) is 1. The summed E-state index contributed by atoms with van der Waals surface area (Å²) in [6.07, 6.45) is 0.347. The molecule has 0 aliphatic carbocycles. The number of nitrogen functional groups attached to an aromatic ring is 1. The van der Waals surface area contributed by atoms with Crippen molar-refractivity contribution in [1.82, 2.24) is 4.90 Å². The molecule has 2 rings (SSSR count). The van der Waals surface area contributed by atoms with Gasteiger partial charge in [-0.1, -0.05) is 6.92 Å². The summed E-state index contributed by atoms with van der Waals surface area (Å²) in [5.74, 6) is -0.258. The van der Waals surface area contributed by atoms with E-state index in [0.717, 1.165) is 0 Å². The maximum atomic E-state index is 12.5. The van der Waals surface area contributed by atoms with Gasteiger partial charge in [-0.25, -0.2) is 0 Å². The Bertz CT molecular complexity index is 510. The highest BCUT2D eigenvalue weighted by atomic mass is 16.5. The second kappa shape index (κ2) is 6.38. The number of carbonyl (C=O) groups excluding carboxylic acids is 2. The van der Waals surface area contributed by atoms with Gasteiger partial charge in [0.25, 0.3) is 5.91 Å². The van der Waals surface area contributed by atoms with E-state index in [4.69, 9.17) is 10.5 Å². The van der Waals surface area contributed by atoms with Gasteiger partial charge < -0.3 is 20.7 Å². The van der Waals surface area contributed by atoms with Gasteiger partial charge in [0.05, 0.1) is 24.5 Å². The monoisotopic (exact) mass is 277 g/mol. The van der Waals surface area contributed by atoms with Crippen LogP contribution in [0, 0.1) is 0 Å². The highest BCUT2D eigenvalue weighted by Gasteiger charge is 2.21. The number of amides is 2. The van der Waals surface area contributed by atoms with Gasteiger partial charge in [0.2, 0.25) is 5.91 Å². The standard InChI is InChI=1S/C14H19N3O3/c1-2-13(18)16-12-9-10(15)3-4-11(12)14(19)17-5-7-20-8-6-17/h3-4,9H,2,5-8,15H2,1H3,(H,16,18). The Kier molecular flexibility index (Phi) is 4.57. The molecule has 1 fully saturated rings. The fourth-order valence-electron chi connectivity index (χ4n) is 2.03. The van der Waals surface area contributed by atoms with Crippen LogP contribution in [0.4, 0.5) is 11.4 Å². The largest absolute Gasteiger partial charge is 0.399 e. The van der Waals surface area contributed by atoms with E-state index < -0.39 is 0 Å². The molecule has 1 saturated heterocycles. The van der Waals surface area contributed by atoms with E-state index in [1.54, 1.807) is 30.0 Å². The summed E-state index contributed by atoms with van der Waals surface area (Å²) in [6.45, 7) is 3.95. The van der Waals surface area contributed by atoms with Gasteiger partial charge in [0.15, 0.2) is 0 Å². The summed E-state index contributed by atoms with van der Waals surface area (Å²) in [6, 6.07) is 4.93. The van der Waals surface area contributed by atoms with E-state index in [1.165, 1.54) is 0 Å². The highest BCUT2D eigenvalue weighted by Crippen LogP contribution is 2.21. The SMILES string of the molecule is CCC(=O)Nc1cc(N)ccc1C(=O)N1CCOCC1. The highest BCUT2D eigenvalue weighted by molar-refractivity contribution is 6.04. The smallest absolute Gasteiger partial charge is 0.256 e. The van der Waals surface area contributed by atoms with Crippen molar-refractivity contribution < 1.29 is 14.3 Å². The molecule has 0 aromatic heterocycles. The lowest BCUT2D eigenvalue weighted by Crippen LogP contribution is -2.41. The second-order valence-electron chi connectivity index (χ2n) is 4.61. The Hall–Kier alpha value is -2.08. The molecule has 0 atom stereocenters. The Labute approximate surface area is 117 Å². The van der Waals surface area contributed by atoms with Crippen molar-refractivity contribution in [1.29, 1.82) is 0 Å². The zero-order valence-corrected chi connectivity index (χ0v) is 11.5. The van der Waals surface area contributed by atoms with Gasteiger partial charge in [-0.3, -0.25) is 9.59 Å². The van der Waals surface area contributed by atoms with E-state index in [2.05, 4.69) is 5.32 Å². The van der Waals surface area contributed by atoms with Crippen LogP contribution in [-0.2, 0) is 9.53 Å². The lowest BCUT2D eigenvalue weighted by molar-refractivity contribution is -0.115. The summed E-state index contributed by atoms with van der Waals surface area (Å²) in [7, 11) is 0. The quantitative estimate of drug-likeness (QED) is 0.810. The number of nitrogens with two attached hydrogens (primary N) is 1. The van der Waals surface area contributed by atoms with Gasteiger partial charge in [0, 0.05) is 25.2 Å². The third kappa shape index (κ3) is 3.27. The summed E-state index contributed by atoms with van der Waals surface area (Å²) in [5.41, 5.74) is 7.16. The summed E-state index contributed by atoms with van der Waals surface area (Å²) < 4.78 is 5.23. The molecule has 1 aliphatic heterocycles. The van der Waals surface area contributed by atoms with E-state index in [9.17, 15) is 9.59 Å². The topological polar surface area (TPSA) is 84.7 Å². The zero-order valence-electron chi connectivity index (χ0n) is 11.5. The Balaban J connectivity index is 2.25. The third-order valence-corrected chi connectivity index (χ3v) is 3.17. The van der Waals surface area contributed by atoms with Gasteiger partial charge in [-0.2, -0.15) is 0 Å². The van der Waals surface area contributed by atoms with Crippen LogP contribution < -0.4 is 11.1 Å². The molecule has 6 nitrogen and oxygen atoms in total. The van der Waals surface area contributed by atoms with Crippen LogP contribution in [0.25, 0.3) is 0 Å². The normalized spacial score (nSPS) is 14.9. The Morgan fingerprint density at radius 3 is 2.70 bits per heavy atom. The number of nitrogens with zero attached hydrogens (tertiary/aromatic N) is 1. The van der Waals surface area contributed by atoms with Crippen molar-refractivity contribution in [3.05, 3.63) is 23.8 Å². The minimum Gasteiger partial charge on any atom is -0.399 e. The molecular weight excluding hydrogens is 258 g/mol. The van der Waals surface area contributed by atoms with Crippen molar-refractivity contribution in [3.63, 3.8) is 0 Å². The molecule has 2 amide bonds. The predicted molar refractivity (Wildman–Crippen MR) is 76.5 cm³/mol. The molecule has 0 bridgehead atoms. The molecular formula is C14H19N3O3. The van der Waals surface area contributed by atoms with Gasteiger partial charge in [-0.05, 0) is 18.2 Å². The molecule has 1 aromatic rings. The lowest BCUT2D eigenvalue weighted by Gasteiger charge is -2.27. The maximum absolute atomic E-state index is 12.5. The van der Waals surface area contributed by atoms with Crippen molar-refractivity contribution in [2.45, 2.75) is 13.3 Å². The van der Waals surface area contributed by atoms with Crippen molar-refractivity contribution in [3.8, 4) is 0 Å². The number of ether oxygens (including phenoxy) is 1. The molecule has 6 heteroatoms. The first-order valence-corrected chi connectivity index (χ1v) is 6.68.